The molecular weight excluding hydrogens is 240 g/mol. The van der Waals surface area contributed by atoms with Gasteiger partial charge in [0.25, 0.3) is 0 Å². The van der Waals surface area contributed by atoms with Gasteiger partial charge in [-0.2, -0.15) is 11.8 Å². The fourth-order valence-electron chi connectivity index (χ4n) is 1.39. The lowest BCUT2D eigenvalue weighted by atomic mass is 10.2. The number of rotatable bonds is 8. The van der Waals surface area contributed by atoms with Crippen molar-refractivity contribution in [1.29, 1.82) is 0 Å². The number of hydrogen-bond acceptors (Lipinski definition) is 5. The van der Waals surface area contributed by atoms with Crippen molar-refractivity contribution in [3.8, 4) is 0 Å². The van der Waals surface area contributed by atoms with Gasteiger partial charge in [-0.25, -0.2) is 4.79 Å². The summed E-state index contributed by atoms with van der Waals surface area (Å²) in [6.07, 6.45) is 3.02. The lowest BCUT2D eigenvalue weighted by Crippen LogP contribution is -2.49. The normalized spacial score (nSPS) is 13.9. The van der Waals surface area contributed by atoms with Gasteiger partial charge in [-0.3, -0.25) is 4.79 Å². The number of methoxy groups -OCH3 is 1. The maximum atomic E-state index is 11.4. The van der Waals surface area contributed by atoms with Gasteiger partial charge in [0.1, 0.15) is 6.04 Å². The molecule has 0 heterocycles. The van der Waals surface area contributed by atoms with Crippen LogP contribution in [0.5, 0.6) is 0 Å². The summed E-state index contributed by atoms with van der Waals surface area (Å²) in [5, 5.41) is 5.82. The zero-order chi connectivity index (χ0) is 13.3. The van der Waals surface area contributed by atoms with Crippen LogP contribution < -0.4 is 10.6 Å². The number of carbonyl (C=O) groups is 2. The first kappa shape index (κ1) is 16.2. The highest BCUT2D eigenvalue weighted by molar-refractivity contribution is 7.98. The molecule has 0 aromatic heterocycles. The van der Waals surface area contributed by atoms with Crippen LogP contribution in [0.25, 0.3) is 0 Å². The first-order valence-corrected chi connectivity index (χ1v) is 7.01. The highest BCUT2D eigenvalue weighted by Crippen LogP contribution is 2.01. The number of esters is 1. The topological polar surface area (TPSA) is 67.4 Å². The SMILES string of the molecule is CCC(CSC)NCC(NC(C)=O)C(=O)OC. The average Bonchev–Trinajstić information content (AvgIpc) is 2.31. The van der Waals surface area contributed by atoms with Crippen LogP contribution in [0, 0.1) is 0 Å². The third-order valence-corrected chi connectivity index (χ3v) is 3.07. The van der Waals surface area contributed by atoms with E-state index < -0.39 is 12.0 Å². The number of ether oxygens (including phenoxy) is 1. The molecular formula is C11H22N2O3S. The largest absolute Gasteiger partial charge is 0.467 e. The first-order chi connectivity index (χ1) is 8.04. The highest BCUT2D eigenvalue weighted by Gasteiger charge is 2.20. The summed E-state index contributed by atoms with van der Waals surface area (Å²) >= 11 is 1.75. The van der Waals surface area contributed by atoms with E-state index in [1.165, 1.54) is 14.0 Å². The summed E-state index contributed by atoms with van der Waals surface area (Å²) in [5.41, 5.74) is 0. The summed E-state index contributed by atoms with van der Waals surface area (Å²) in [6, 6.07) is -0.278. The van der Waals surface area contributed by atoms with Crippen molar-refractivity contribution in [2.24, 2.45) is 0 Å². The Labute approximate surface area is 107 Å². The third-order valence-electron chi connectivity index (χ3n) is 2.33. The van der Waals surface area contributed by atoms with Gasteiger partial charge >= 0.3 is 5.97 Å². The molecule has 2 atom stereocenters. The zero-order valence-corrected chi connectivity index (χ0v) is 11.7. The Kier molecular flexibility index (Phi) is 8.89. The predicted octanol–water partition coefficient (Wildman–Crippen LogP) is 0.395. The fourth-order valence-corrected chi connectivity index (χ4v) is 2.14. The molecule has 5 nitrogen and oxygen atoms in total. The minimum Gasteiger partial charge on any atom is -0.467 e. The molecule has 2 N–H and O–H groups in total. The molecule has 0 aliphatic rings. The van der Waals surface area contributed by atoms with Crippen LogP contribution >= 0.6 is 11.8 Å². The van der Waals surface area contributed by atoms with Gasteiger partial charge in [0.2, 0.25) is 5.91 Å². The van der Waals surface area contributed by atoms with Gasteiger partial charge in [0.05, 0.1) is 7.11 Å². The van der Waals surface area contributed by atoms with Crippen LogP contribution in [0.2, 0.25) is 0 Å². The molecule has 17 heavy (non-hydrogen) atoms. The number of carbonyl (C=O) groups excluding carboxylic acids is 2. The molecule has 2 unspecified atom stereocenters. The second-order valence-electron chi connectivity index (χ2n) is 3.75. The van der Waals surface area contributed by atoms with Crippen molar-refractivity contribution >= 4 is 23.6 Å². The molecule has 0 bridgehead atoms. The molecule has 0 aromatic rings. The summed E-state index contributed by atoms with van der Waals surface area (Å²) in [7, 11) is 1.32. The molecule has 0 saturated carbocycles. The van der Waals surface area contributed by atoms with Crippen molar-refractivity contribution in [2.75, 3.05) is 25.7 Å². The van der Waals surface area contributed by atoms with Crippen LogP contribution in [-0.2, 0) is 14.3 Å². The molecule has 0 radical (unpaired) electrons. The number of hydrogen-bond donors (Lipinski definition) is 2. The van der Waals surface area contributed by atoms with Gasteiger partial charge in [0.15, 0.2) is 0 Å². The third kappa shape index (κ3) is 7.23. The van der Waals surface area contributed by atoms with Crippen LogP contribution in [0.15, 0.2) is 0 Å². The first-order valence-electron chi connectivity index (χ1n) is 5.62. The molecule has 0 rings (SSSR count). The van der Waals surface area contributed by atoms with E-state index in [-0.39, 0.29) is 5.91 Å². The van der Waals surface area contributed by atoms with E-state index >= 15 is 0 Å². The maximum absolute atomic E-state index is 11.4. The Hall–Kier alpha value is -0.750. The molecule has 6 heteroatoms. The van der Waals surface area contributed by atoms with Crippen molar-refractivity contribution < 1.29 is 14.3 Å². The number of nitrogens with one attached hydrogen (secondary N) is 2. The molecule has 0 aromatic carbocycles. The van der Waals surface area contributed by atoms with Crippen LogP contribution in [-0.4, -0.2) is 49.6 Å². The van der Waals surface area contributed by atoms with Crippen LogP contribution in [0.4, 0.5) is 0 Å². The Morgan fingerprint density at radius 1 is 1.41 bits per heavy atom. The molecule has 0 aliphatic heterocycles. The minimum absolute atomic E-state index is 0.236. The summed E-state index contributed by atoms with van der Waals surface area (Å²) < 4.78 is 4.64. The highest BCUT2D eigenvalue weighted by atomic mass is 32.2. The van der Waals surface area contributed by atoms with Crippen molar-refractivity contribution in [3.63, 3.8) is 0 Å². The van der Waals surface area contributed by atoms with Gasteiger partial charge in [0, 0.05) is 25.3 Å². The zero-order valence-electron chi connectivity index (χ0n) is 10.9. The number of amides is 1. The summed E-state index contributed by atoms with van der Waals surface area (Å²) in [6.45, 7) is 3.86. The molecule has 0 aliphatic carbocycles. The van der Waals surface area contributed by atoms with E-state index in [0.717, 1.165) is 12.2 Å². The fraction of sp³-hybridized carbons (Fsp3) is 0.818. The van der Waals surface area contributed by atoms with E-state index in [4.69, 9.17) is 0 Å². The summed E-state index contributed by atoms with van der Waals surface area (Å²) in [4.78, 5) is 22.4. The molecule has 0 fully saturated rings. The van der Waals surface area contributed by atoms with Crippen molar-refractivity contribution in [2.45, 2.75) is 32.4 Å². The Morgan fingerprint density at radius 3 is 2.47 bits per heavy atom. The van der Waals surface area contributed by atoms with E-state index in [0.29, 0.717) is 12.6 Å². The summed E-state index contributed by atoms with van der Waals surface area (Å²) in [5.74, 6) is 0.316. The molecule has 0 saturated heterocycles. The van der Waals surface area contributed by atoms with Gasteiger partial charge in [-0.15, -0.1) is 0 Å². The van der Waals surface area contributed by atoms with E-state index in [1.807, 2.05) is 6.26 Å². The lowest BCUT2D eigenvalue weighted by molar-refractivity contribution is -0.144. The van der Waals surface area contributed by atoms with Crippen LogP contribution in [0.3, 0.4) is 0 Å². The smallest absolute Gasteiger partial charge is 0.329 e. The van der Waals surface area contributed by atoms with E-state index in [1.54, 1.807) is 11.8 Å². The average molecular weight is 262 g/mol. The molecule has 0 spiro atoms. The standard InChI is InChI=1S/C11H22N2O3S/c1-5-9(7-17-4)12-6-10(11(15)16-3)13-8(2)14/h9-10,12H,5-7H2,1-4H3,(H,13,14). The van der Waals surface area contributed by atoms with E-state index in [2.05, 4.69) is 22.3 Å². The van der Waals surface area contributed by atoms with Gasteiger partial charge < -0.3 is 15.4 Å². The molecule has 100 valence electrons. The van der Waals surface area contributed by atoms with Crippen LogP contribution in [0.1, 0.15) is 20.3 Å². The minimum atomic E-state index is -0.617. The Bertz CT molecular complexity index is 249. The monoisotopic (exact) mass is 262 g/mol. The van der Waals surface area contributed by atoms with Gasteiger partial charge in [-0.1, -0.05) is 6.92 Å². The lowest BCUT2D eigenvalue weighted by Gasteiger charge is -2.20. The quantitative estimate of drug-likeness (QED) is 0.620. The molecule has 1 amide bonds. The second kappa shape index (κ2) is 9.30. The number of thioether (sulfide) groups is 1. The van der Waals surface area contributed by atoms with Crippen molar-refractivity contribution in [3.05, 3.63) is 0 Å². The Balaban J connectivity index is 4.22. The van der Waals surface area contributed by atoms with Crippen molar-refractivity contribution in [1.82, 2.24) is 10.6 Å². The maximum Gasteiger partial charge on any atom is 0.329 e. The Morgan fingerprint density at radius 2 is 2.06 bits per heavy atom. The van der Waals surface area contributed by atoms with E-state index in [9.17, 15) is 9.59 Å². The predicted molar refractivity (Wildman–Crippen MR) is 70.1 cm³/mol. The van der Waals surface area contributed by atoms with Gasteiger partial charge in [-0.05, 0) is 12.7 Å². The second-order valence-corrected chi connectivity index (χ2v) is 4.66.